The third-order valence-corrected chi connectivity index (χ3v) is 0.667. The molecule has 0 aliphatic heterocycles. The summed E-state index contributed by atoms with van der Waals surface area (Å²) in [6, 6.07) is 12.0. The van der Waals surface area contributed by atoms with Crippen molar-refractivity contribution in [2.45, 2.75) is 6.92 Å². The van der Waals surface area contributed by atoms with Gasteiger partial charge in [0.15, 0.2) is 0 Å². The van der Waals surface area contributed by atoms with E-state index in [1.807, 2.05) is 36.4 Å². The Balaban J connectivity index is 0.000000187. The van der Waals surface area contributed by atoms with Crippen LogP contribution in [-0.4, -0.2) is 0 Å². The van der Waals surface area contributed by atoms with Gasteiger partial charge in [0.1, 0.15) is 0 Å². The lowest BCUT2D eigenvalue weighted by Crippen LogP contribution is -1.47. The molecule has 0 atom stereocenters. The van der Waals surface area contributed by atoms with Crippen LogP contribution in [0.1, 0.15) is 6.92 Å². The summed E-state index contributed by atoms with van der Waals surface area (Å²) >= 11 is 0. The molecule has 0 aromatic heterocycles. The largest absolute Gasteiger partial charge is 0.120 e. The first-order valence-corrected chi connectivity index (χ1v) is 2.79. The second-order valence-electron chi connectivity index (χ2n) is 1.44. The molecule has 1 aromatic carbocycles. The molecule has 0 unspecified atom stereocenters. The number of terminal acetylenes is 1. The van der Waals surface area contributed by atoms with Crippen molar-refractivity contribution in [1.29, 1.82) is 0 Å². The molecule has 46 valence electrons. The summed E-state index contributed by atoms with van der Waals surface area (Å²) in [5.41, 5.74) is 0. The van der Waals surface area contributed by atoms with Crippen molar-refractivity contribution in [2.24, 2.45) is 0 Å². The fraction of sp³-hybridized carbons (Fsp3) is 0.111. The van der Waals surface area contributed by atoms with Crippen LogP contribution in [0, 0.1) is 12.3 Å². The standard InChI is InChI=1S/C6H6.C3H4/c1-2-4-6-5-3-1;1-3-2/h1-6H;1H,2H3. The van der Waals surface area contributed by atoms with Gasteiger partial charge < -0.3 is 0 Å². The molecule has 1 aromatic rings. The Morgan fingerprint density at radius 2 is 1.00 bits per heavy atom. The SMILES string of the molecule is C#CC.c1ccccc1. The zero-order valence-corrected chi connectivity index (χ0v) is 5.54. The predicted octanol–water partition coefficient (Wildman–Crippen LogP) is 2.33. The van der Waals surface area contributed by atoms with Gasteiger partial charge in [-0.15, -0.1) is 12.3 Å². The number of rotatable bonds is 0. The first kappa shape index (κ1) is 7.78. The topological polar surface area (TPSA) is 0 Å². The van der Waals surface area contributed by atoms with Crippen molar-refractivity contribution in [3.05, 3.63) is 36.4 Å². The van der Waals surface area contributed by atoms with Gasteiger partial charge in [-0.1, -0.05) is 36.4 Å². The van der Waals surface area contributed by atoms with Gasteiger partial charge in [-0.25, -0.2) is 0 Å². The Hall–Kier alpha value is -1.22. The molecular formula is C9H10. The fourth-order valence-corrected chi connectivity index (χ4v) is 0.385. The van der Waals surface area contributed by atoms with Gasteiger partial charge in [0.05, 0.1) is 0 Å². The molecule has 0 N–H and O–H groups in total. The zero-order chi connectivity index (χ0) is 6.95. The average Bonchev–Trinajstić information content (AvgIpc) is 1.93. The minimum Gasteiger partial charge on any atom is -0.120 e. The summed E-state index contributed by atoms with van der Waals surface area (Å²) in [4.78, 5) is 0. The monoisotopic (exact) mass is 118 g/mol. The molecule has 0 aliphatic carbocycles. The lowest BCUT2D eigenvalue weighted by molar-refractivity contribution is 1.72. The normalized spacial score (nSPS) is 6.22. The first-order valence-electron chi connectivity index (χ1n) is 2.79. The summed E-state index contributed by atoms with van der Waals surface area (Å²) in [6.45, 7) is 1.65. The molecule has 1 rings (SSSR count). The van der Waals surface area contributed by atoms with Crippen molar-refractivity contribution in [2.75, 3.05) is 0 Å². The van der Waals surface area contributed by atoms with Crippen molar-refractivity contribution < 1.29 is 0 Å². The van der Waals surface area contributed by atoms with Gasteiger partial charge in [-0.05, 0) is 6.92 Å². The molecule has 0 aliphatic rings. The summed E-state index contributed by atoms with van der Waals surface area (Å²) in [5.74, 6) is 2.25. The molecule has 0 heterocycles. The summed E-state index contributed by atoms with van der Waals surface area (Å²) in [7, 11) is 0. The van der Waals surface area contributed by atoms with E-state index in [2.05, 4.69) is 12.3 Å². The smallest absolute Gasteiger partial charge is 0.00297 e. The Morgan fingerprint density at radius 1 is 0.889 bits per heavy atom. The summed E-state index contributed by atoms with van der Waals surface area (Å²) in [6.07, 6.45) is 4.60. The molecule has 0 saturated carbocycles. The van der Waals surface area contributed by atoms with Crippen molar-refractivity contribution in [3.63, 3.8) is 0 Å². The quantitative estimate of drug-likeness (QED) is 0.459. The highest BCUT2D eigenvalue weighted by Gasteiger charge is 1.57. The van der Waals surface area contributed by atoms with E-state index in [0.717, 1.165) is 0 Å². The average molecular weight is 118 g/mol. The van der Waals surface area contributed by atoms with E-state index in [-0.39, 0.29) is 0 Å². The molecule has 9 heavy (non-hydrogen) atoms. The van der Waals surface area contributed by atoms with Crippen LogP contribution in [-0.2, 0) is 0 Å². The van der Waals surface area contributed by atoms with Crippen LogP contribution in [0.3, 0.4) is 0 Å². The predicted molar refractivity (Wildman–Crippen MR) is 40.9 cm³/mol. The van der Waals surface area contributed by atoms with Gasteiger partial charge in [0.25, 0.3) is 0 Å². The maximum Gasteiger partial charge on any atom is -0.00297 e. The van der Waals surface area contributed by atoms with Crippen LogP contribution in [0.15, 0.2) is 36.4 Å². The van der Waals surface area contributed by atoms with E-state index in [9.17, 15) is 0 Å². The Labute approximate surface area is 56.5 Å². The Kier molecular flexibility index (Phi) is 5.86. The summed E-state index contributed by atoms with van der Waals surface area (Å²) in [5, 5.41) is 0. The van der Waals surface area contributed by atoms with E-state index in [1.165, 1.54) is 0 Å². The minimum absolute atomic E-state index is 1.65. The first-order chi connectivity index (χ1) is 4.41. The third-order valence-electron chi connectivity index (χ3n) is 0.667. The minimum atomic E-state index is 1.65. The summed E-state index contributed by atoms with van der Waals surface area (Å²) < 4.78 is 0. The fourth-order valence-electron chi connectivity index (χ4n) is 0.385. The van der Waals surface area contributed by atoms with Crippen LogP contribution >= 0.6 is 0 Å². The van der Waals surface area contributed by atoms with Crippen LogP contribution < -0.4 is 0 Å². The van der Waals surface area contributed by atoms with Crippen LogP contribution in [0.25, 0.3) is 0 Å². The molecule has 0 saturated heterocycles. The Bertz CT molecular complexity index is 130. The van der Waals surface area contributed by atoms with E-state index in [1.54, 1.807) is 6.92 Å². The van der Waals surface area contributed by atoms with Crippen molar-refractivity contribution >= 4 is 0 Å². The number of benzene rings is 1. The van der Waals surface area contributed by atoms with Gasteiger partial charge in [0, 0.05) is 0 Å². The highest BCUT2D eigenvalue weighted by atomic mass is 13.6. The number of hydrogen-bond acceptors (Lipinski definition) is 0. The van der Waals surface area contributed by atoms with Gasteiger partial charge in [-0.2, -0.15) is 0 Å². The van der Waals surface area contributed by atoms with E-state index in [0.29, 0.717) is 0 Å². The van der Waals surface area contributed by atoms with E-state index >= 15 is 0 Å². The second kappa shape index (κ2) is 6.78. The molecule has 0 fully saturated rings. The molecular weight excluding hydrogens is 108 g/mol. The molecule has 0 spiro atoms. The van der Waals surface area contributed by atoms with Crippen molar-refractivity contribution in [1.82, 2.24) is 0 Å². The number of hydrogen-bond donors (Lipinski definition) is 0. The van der Waals surface area contributed by atoms with Crippen LogP contribution in [0.4, 0.5) is 0 Å². The maximum absolute atomic E-state index is 4.60. The van der Waals surface area contributed by atoms with Crippen LogP contribution in [0.2, 0.25) is 0 Å². The van der Waals surface area contributed by atoms with Gasteiger partial charge in [0.2, 0.25) is 0 Å². The maximum atomic E-state index is 4.60. The molecule has 0 amide bonds. The zero-order valence-electron chi connectivity index (χ0n) is 5.54. The third kappa shape index (κ3) is 6.78. The van der Waals surface area contributed by atoms with Crippen molar-refractivity contribution in [3.8, 4) is 12.3 Å². The van der Waals surface area contributed by atoms with E-state index in [4.69, 9.17) is 0 Å². The highest BCUT2D eigenvalue weighted by molar-refractivity contribution is 4.99. The van der Waals surface area contributed by atoms with E-state index < -0.39 is 0 Å². The lowest BCUT2D eigenvalue weighted by atomic mass is 10.4. The molecule has 0 nitrogen and oxygen atoms in total. The molecule has 0 bridgehead atoms. The second-order valence-corrected chi connectivity index (χ2v) is 1.44. The van der Waals surface area contributed by atoms with Crippen LogP contribution in [0.5, 0.6) is 0 Å². The lowest BCUT2D eigenvalue weighted by Gasteiger charge is -1.69. The van der Waals surface area contributed by atoms with Gasteiger partial charge in [-0.3, -0.25) is 0 Å². The molecule has 0 heteroatoms. The Morgan fingerprint density at radius 3 is 1.11 bits per heavy atom. The highest BCUT2D eigenvalue weighted by Crippen LogP contribution is 1.79. The molecule has 0 radical (unpaired) electrons. The van der Waals surface area contributed by atoms with Gasteiger partial charge >= 0.3 is 0 Å².